The molecule has 1 aromatic heterocycles. The van der Waals surface area contributed by atoms with Gasteiger partial charge in [0, 0.05) is 12.1 Å². The summed E-state index contributed by atoms with van der Waals surface area (Å²) < 4.78 is 0. The van der Waals surface area contributed by atoms with E-state index in [1.807, 2.05) is 31.2 Å². The minimum absolute atomic E-state index is 0.0986. The number of H-pyrrole nitrogens is 1. The number of benzene rings is 1. The molecule has 1 aliphatic rings. The number of carbonyl (C=O) groups excluding carboxylic acids is 1. The van der Waals surface area contributed by atoms with Gasteiger partial charge in [0.15, 0.2) is 5.82 Å². The van der Waals surface area contributed by atoms with Gasteiger partial charge in [0.1, 0.15) is 5.82 Å². The van der Waals surface area contributed by atoms with Crippen molar-refractivity contribution in [2.75, 3.05) is 0 Å². The lowest BCUT2D eigenvalue weighted by molar-refractivity contribution is -0.127. The number of aliphatic hydroxyl groups is 1. The maximum atomic E-state index is 12.1. The Hall–Kier alpha value is -2.21. The van der Waals surface area contributed by atoms with Crippen molar-refractivity contribution in [3.8, 4) is 11.4 Å². The molecule has 0 saturated heterocycles. The molecule has 0 aliphatic heterocycles. The number of aromatic nitrogens is 3. The molecule has 1 aliphatic carbocycles. The molecular formula is C18H24N4O2. The second-order valence-corrected chi connectivity index (χ2v) is 6.68. The number of aromatic amines is 1. The van der Waals surface area contributed by atoms with Crippen molar-refractivity contribution in [3.05, 3.63) is 35.7 Å². The number of nitrogens with zero attached hydrogens (tertiary/aromatic N) is 2. The lowest BCUT2D eigenvalue weighted by Crippen LogP contribution is -2.38. The average Bonchev–Trinajstić information content (AvgIpc) is 3.00. The van der Waals surface area contributed by atoms with Gasteiger partial charge >= 0.3 is 0 Å². The molecule has 1 fully saturated rings. The zero-order valence-corrected chi connectivity index (χ0v) is 14.0. The van der Waals surface area contributed by atoms with Crippen LogP contribution in [0.2, 0.25) is 0 Å². The molecule has 6 heteroatoms. The smallest absolute Gasteiger partial charge is 0.223 e. The summed E-state index contributed by atoms with van der Waals surface area (Å²) in [5.74, 6) is 1.32. The minimum Gasteiger partial charge on any atom is -0.389 e. The van der Waals surface area contributed by atoms with Gasteiger partial charge in [-0.1, -0.05) is 37.5 Å². The average molecular weight is 328 g/mol. The molecular weight excluding hydrogens is 304 g/mol. The summed E-state index contributed by atoms with van der Waals surface area (Å²) in [7, 11) is 0. The van der Waals surface area contributed by atoms with E-state index in [0.29, 0.717) is 12.4 Å². The van der Waals surface area contributed by atoms with Gasteiger partial charge in [-0.05, 0) is 31.4 Å². The third-order valence-electron chi connectivity index (χ3n) is 4.55. The van der Waals surface area contributed by atoms with Crippen LogP contribution in [0.5, 0.6) is 0 Å². The molecule has 3 rings (SSSR count). The van der Waals surface area contributed by atoms with Crippen LogP contribution in [0.4, 0.5) is 0 Å². The molecule has 128 valence electrons. The second kappa shape index (κ2) is 7.13. The van der Waals surface area contributed by atoms with E-state index < -0.39 is 5.60 Å². The third-order valence-corrected chi connectivity index (χ3v) is 4.55. The third kappa shape index (κ3) is 4.20. The highest BCUT2D eigenvalue weighted by Gasteiger charge is 2.31. The molecule has 1 heterocycles. The standard InChI is InChI=1S/C18H24N4O2/c1-13-20-17(22-21-13)15-7-5-6-14(10-15)12-19-16(23)11-18(24)8-3-2-4-9-18/h5-7,10,24H,2-4,8-9,11-12H2,1H3,(H,19,23)(H,20,21,22). The fraction of sp³-hybridized carbons (Fsp3) is 0.500. The second-order valence-electron chi connectivity index (χ2n) is 6.68. The van der Waals surface area contributed by atoms with Crippen LogP contribution in [0.3, 0.4) is 0 Å². The molecule has 3 N–H and O–H groups in total. The summed E-state index contributed by atoms with van der Waals surface area (Å²) in [4.78, 5) is 16.5. The maximum Gasteiger partial charge on any atom is 0.223 e. The molecule has 24 heavy (non-hydrogen) atoms. The van der Waals surface area contributed by atoms with E-state index in [2.05, 4.69) is 20.5 Å². The lowest BCUT2D eigenvalue weighted by Gasteiger charge is -2.31. The Kier molecular flexibility index (Phi) is 4.94. The molecule has 6 nitrogen and oxygen atoms in total. The number of carbonyl (C=O) groups is 1. The highest BCUT2D eigenvalue weighted by Crippen LogP contribution is 2.30. The predicted octanol–water partition coefficient (Wildman–Crippen LogP) is 2.48. The van der Waals surface area contributed by atoms with Crippen LogP contribution in [0.25, 0.3) is 11.4 Å². The van der Waals surface area contributed by atoms with Gasteiger partial charge in [0.25, 0.3) is 0 Å². The van der Waals surface area contributed by atoms with Crippen LogP contribution >= 0.6 is 0 Å². The largest absolute Gasteiger partial charge is 0.389 e. The van der Waals surface area contributed by atoms with Gasteiger partial charge in [0.05, 0.1) is 12.0 Å². The van der Waals surface area contributed by atoms with Gasteiger partial charge in [-0.25, -0.2) is 4.98 Å². The lowest BCUT2D eigenvalue weighted by atomic mass is 9.82. The molecule has 0 radical (unpaired) electrons. The predicted molar refractivity (Wildman–Crippen MR) is 91.1 cm³/mol. The molecule has 0 unspecified atom stereocenters. The van der Waals surface area contributed by atoms with E-state index in [1.54, 1.807) is 0 Å². The molecule has 1 amide bonds. The molecule has 0 atom stereocenters. The Balaban J connectivity index is 1.57. The van der Waals surface area contributed by atoms with Crippen molar-refractivity contribution in [3.63, 3.8) is 0 Å². The number of rotatable bonds is 5. The van der Waals surface area contributed by atoms with Crippen molar-refractivity contribution >= 4 is 5.91 Å². The van der Waals surface area contributed by atoms with Crippen LogP contribution in [-0.2, 0) is 11.3 Å². The monoisotopic (exact) mass is 328 g/mol. The Bertz CT molecular complexity index is 705. The number of aryl methyl sites for hydroxylation is 1. The summed E-state index contributed by atoms with van der Waals surface area (Å²) in [6.07, 6.45) is 4.79. The van der Waals surface area contributed by atoms with Crippen molar-refractivity contribution in [2.45, 2.75) is 57.6 Å². The van der Waals surface area contributed by atoms with Crippen LogP contribution < -0.4 is 5.32 Å². The first-order valence-electron chi connectivity index (χ1n) is 8.51. The van der Waals surface area contributed by atoms with Crippen LogP contribution in [0, 0.1) is 6.92 Å². The van der Waals surface area contributed by atoms with Crippen LogP contribution in [0.1, 0.15) is 49.9 Å². The molecule has 2 aromatic rings. The highest BCUT2D eigenvalue weighted by molar-refractivity contribution is 5.77. The van der Waals surface area contributed by atoms with Crippen molar-refractivity contribution < 1.29 is 9.90 Å². The first-order valence-corrected chi connectivity index (χ1v) is 8.51. The van der Waals surface area contributed by atoms with Crippen molar-refractivity contribution in [1.82, 2.24) is 20.5 Å². The van der Waals surface area contributed by atoms with Crippen LogP contribution in [0.15, 0.2) is 24.3 Å². The summed E-state index contributed by atoms with van der Waals surface area (Å²) >= 11 is 0. The first-order chi connectivity index (χ1) is 11.5. The zero-order valence-electron chi connectivity index (χ0n) is 14.0. The van der Waals surface area contributed by atoms with Gasteiger partial charge in [-0.3, -0.25) is 9.89 Å². The first kappa shape index (κ1) is 16.6. The van der Waals surface area contributed by atoms with E-state index in [0.717, 1.165) is 49.1 Å². The van der Waals surface area contributed by atoms with E-state index in [4.69, 9.17) is 0 Å². The normalized spacial score (nSPS) is 16.8. The molecule has 1 aromatic carbocycles. The number of hydrogen-bond donors (Lipinski definition) is 3. The van der Waals surface area contributed by atoms with Crippen LogP contribution in [-0.4, -0.2) is 31.8 Å². The fourth-order valence-electron chi connectivity index (χ4n) is 3.24. The SMILES string of the molecule is Cc1nc(-c2cccc(CNC(=O)CC3(O)CCCCC3)c2)n[nH]1. The Morgan fingerprint density at radius 1 is 1.33 bits per heavy atom. The molecule has 1 saturated carbocycles. The molecule has 0 spiro atoms. The maximum absolute atomic E-state index is 12.1. The van der Waals surface area contributed by atoms with Gasteiger partial charge < -0.3 is 10.4 Å². The quantitative estimate of drug-likeness (QED) is 0.786. The van der Waals surface area contributed by atoms with Crippen molar-refractivity contribution in [2.24, 2.45) is 0 Å². The number of hydrogen-bond acceptors (Lipinski definition) is 4. The summed E-state index contributed by atoms with van der Waals surface area (Å²) in [5.41, 5.74) is 1.08. The Morgan fingerprint density at radius 2 is 2.12 bits per heavy atom. The number of amides is 1. The fourth-order valence-corrected chi connectivity index (χ4v) is 3.24. The molecule has 0 bridgehead atoms. The number of nitrogens with one attached hydrogen (secondary N) is 2. The van der Waals surface area contributed by atoms with Gasteiger partial charge in [-0.2, -0.15) is 5.10 Å². The van der Waals surface area contributed by atoms with Gasteiger partial charge in [0.2, 0.25) is 5.91 Å². The van der Waals surface area contributed by atoms with E-state index >= 15 is 0 Å². The highest BCUT2D eigenvalue weighted by atomic mass is 16.3. The Morgan fingerprint density at radius 3 is 2.83 bits per heavy atom. The van der Waals surface area contributed by atoms with Gasteiger partial charge in [-0.15, -0.1) is 0 Å². The van der Waals surface area contributed by atoms with E-state index in [-0.39, 0.29) is 12.3 Å². The van der Waals surface area contributed by atoms with E-state index in [1.165, 1.54) is 0 Å². The summed E-state index contributed by atoms with van der Waals surface area (Å²) in [6.45, 7) is 2.29. The Labute approximate surface area is 141 Å². The zero-order chi connectivity index (χ0) is 17.0. The minimum atomic E-state index is -0.819. The van der Waals surface area contributed by atoms with Crippen molar-refractivity contribution in [1.29, 1.82) is 0 Å². The summed E-state index contributed by atoms with van der Waals surface area (Å²) in [6, 6.07) is 7.80. The van der Waals surface area contributed by atoms with E-state index in [9.17, 15) is 9.90 Å². The topological polar surface area (TPSA) is 90.9 Å². The summed E-state index contributed by atoms with van der Waals surface area (Å²) in [5, 5.41) is 20.3.